The molecule has 1 aromatic carbocycles. The SMILES string of the molecule is NC(=O)c1cc(NC2CCN3CCCCC23)ccc1Cl. The summed E-state index contributed by atoms with van der Waals surface area (Å²) in [6.07, 6.45) is 5.04. The smallest absolute Gasteiger partial charge is 0.250 e. The number of hydrogen-bond donors (Lipinski definition) is 2. The number of benzene rings is 1. The molecule has 3 N–H and O–H groups in total. The van der Waals surface area contributed by atoms with Gasteiger partial charge in [0.15, 0.2) is 0 Å². The van der Waals surface area contributed by atoms with Crippen molar-refractivity contribution in [1.29, 1.82) is 0 Å². The largest absolute Gasteiger partial charge is 0.381 e. The molecule has 108 valence electrons. The van der Waals surface area contributed by atoms with E-state index in [1.165, 1.54) is 32.4 Å². The van der Waals surface area contributed by atoms with Crippen LogP contribution in [0.2, 0.25) is 5.02 Å². The lowest BCUT2D eigenvalue weighted by Crippen LogP contribution is -2.41. The Labute approximate surface area is 124 Å². The number of nitrogens with zero attached hydrogens (tertiary/aromatic N) is 1. The second-order valence-electron chi connectivity index (χ2n) is 5.70. The fraction of sp³-hybridized carbons (Fsp3) is 0.533. The Morgan fingerprint density at radius 3 is 2.95 bits per heavy atom. The van der Waals surface area contributed by atoms with E-state index < -0.39 is 5.91 Å². The fourth-order valence-corrected chi connectivity index (χ4v) is 3.64. The summed E-state index contributed by atoms with van der Waals surface area (Å²) in [5, 5.41) is 3.97. The molecule has 1 aromatic rings. The van der Waals surface area contributed by atoms with Crippen molar-refractivity contribution in [3.63, 3.8) is 0 Å². The van der Waals surface area contributed by atoms with Crippen LogP contribution in [-0.4, -0.2) is 36.0 Å². The van der Waals surface area contributed by atoms with E-state index in [2.05, 4.69) is 10.2 Å². The molecule has 2 heterocycles. The minimum absolute atomic E-state index is 0.384. The molecule has 2 saturated heterocycles. The number of piperidine rings is 1. The monoisotopic (exact) mass is 293 g/mol. The van der Waals surface area contributed by atoms with Crippen molar-refractivity contribution >= 4 is 23.2 Å². The van der Waals surface area contributed by atoms with Gasteiger partial charge in [-0.25, -0.2) is 0 Å². The Morgan fingerprint density at radius 1 is 1.30 bits per heavy atom. The van der Waals surface area contributed by atoms with Gasteiger partial charge in [-0.3, -0.25) is 9.69 Å². The molecule has 0 radical (unpaired) electrons. The summed E-state index contributed by atoms with van der Waals surface area (Å²) in [6.45, 7) is 2.38. The van der Waals surface area contributed by atoms with Crippen molar-refractivity contribution in [2.24, 2.45) is 5.73 Å². The van der Waals surface area contributed by atoms with Gasteiger partial charge in [-0.15, -0.1) is 0 Å². The van der Waals surface area contributed by atoms with Crippen LogP contribution in [0.15, 0.2) is 18.2 Å². The normalized spacial score (nSPS) is 26.2. The zero-order valence-corrected chi connectivity index (χ0v) is 12.2. The molecule has 0 bridgehead atoms. The molecule has 2 atom stereocenters. The number of hydrogen-bond acceptors (Lipinski definition) is 3. The van der Waals surface area contributed by atoms with E-state index in [9.17, 15) is 4.79 Å². The minimum Gasteiger partial charge on any atom is -0.381 e. The highest BCUT2D eigenvalue weighted by Crippen LogP contribution is 2.30. The molecule has 5 heteroatoms. The predicted molar refractivity (Wildman–Crippen MR) is 81.2 cm³/mol. The van der Waals surface area contributed by atoms with Crippen LogP contribution in [-0.2, 0) is 0 Å². The zero-order valence-electron chi connectivity index (χ0n) is 11.4. The van der Waals surface area contributed by atoms with Crippen LogP contribution in [0, 0.1) is 0 Å². The summed E-state index contributed by atoms with van der Waals surface area (Å²) in [5.41, 5.74) is 6.65. The Bertz CT molecular complexity index is 520. The number of amides is 1. The third-order valence-electron chi connectivity index (χ3n) is 4.44. The van der Waals surface area contributed by atoms with E-state index in [4.69, 9.17) is 17.3 Å². The second-order valence-corrected chi connectivity index (χ2v) is 6.10. The first kappa shape index (κ1) is 13.7. The lowest BCUT2D eigenvalue weighted by molar-refractivity contribution is 0.100. The number of carbonyl (C=O) groups excluding carboxylic acids is 1. The summed E-state index contributed by atoms with van der Waals surface area (Å²) in [6, 6.07) is 6.49. The number of nitrogens with two attached hydrogens (primary N) is 1. The van der Waals surface area contributed by atoms with Crippen molar-refractivity contribution in [3.05, 3.63) is 28.8 Å². The molecule has 20 heavy (non-hydrogen) atoms. The van der Waals surface area contributed by atoms with Crippen LogP contribution in [0.25, 0.3) is 0 Å². The van der Waals surface area contributed by atoms with Gasteiger partial charge in [-0.1, -0.05) is 18.0 Å². The Kier molecular flexibility index (Phi) is 3.85. The first-order chi connectivity index (χ1) is 9.65. The van der Waals surface area contributed by atoms with Gasteiger partial charge in [0.25, 0.3) is 0 Å². The lowest BCUT2D eigenvalue weighted by Gasteiger charge is -2.33. The van der Waals surface area contributed by atoms with Gasteiger partial charge in [0.1, 0.15) is 0 Å². The molecule has 2 fully saturated rings. The van der Waals surface area contributed by atoms with Gasteiger partial charge in [-0.2, -0.15) is 0 Å². The number of rotatable bonds is 3. The van der Waals surface area contributed by atoms with E-state index in [-0.39, 0.29) is 0 Å². The van der Waals surface area contributed by atoms with Crippen molar-refractivity contribution in [1.82, 2.24) is 4.90 Å². The van der Waals surface area contributed by atoms with Crippen LogP contribution in [0.1, 0.15) is 36.0 Å². The molecular weight excluding hydrogens is 274 g/mol. The number of halogens is 1. The van der Waals surface area contributed by atoms with Crippen molar-refractivity contribution in [2.45, 2.75) is 37.8 Å². The van der Waals surface area contributed by atoms with Crippen LogP contribution in [0.5, 0.6) is 0 Å². The quantitative estimate of drug-likeness (QED) is 0.900. The summed E-state index contributed by atoms with van der Waals surface area (Å²) >= 11 is 5.98. The van der Waals surface area contributed by atoms with E-state index >= 15 is 0 Å². The molecule has 4 nitrogen and oxygen atoms in total. The van der Waals surface area contributed by atoms with Crippen LogP contribution < -0.4 is 11.1 Å². The van der Waals surface area contributed by atoms with Crippen molar-refractivity contribution in [3.8, 4) is 0 Å². The lowest BCUT2D eigenvalue weighted by atomic mass is 9.99. The number of primary amides is 1. The number of fused-ring (bicyclic) bond motifs is 1. The Balaban J connectivity index is 1.74. The highest BCUT2D eigenvalue weighted by molar-refractivity contribution is 6.33. The van der Waals surface area contributed by atoms with Gasteiger partial charge in [0, 0.05) is 24.3 Å². The Hall–Kier alpha value is -1.26. The summed E-state index contributed by atoms with van der Waals surface area (Å²) < 4.78 is 0. The highest BCUT2D eigenvalue weighted by Gasteiger charge is 2.35. The molecular formula is C15H20ClN3O. The summed E-state index contributed by atoms with van der Waals surface area (Å²) in [4.78, 5) is 13.9. The minimum atomic E-state index is -0.482. The maximum Gasteiger partial charge on any atom is 0.250 e. The molecule has 0 spiro atoms. The topological polar surface area (TPSA) is 58.4 Å². The van der Waals surface area contributed by atoms with Crippen LogP contribution in [0.3, 0.4) is 0 Å². The van der Waals surface area contributed by atoms with Crippen LogP contribution in [0.4, 0.5) is 5.69 Å². The first-order valence-electron chi connectivity index (χ1n) is 7.25. The van der Waals surface area contributed by atoms with Crippen LogP contribution >= 0.6 is 11.6 Å². The van der Waals surface area contributed by atoms with Gasteiger partial charge in [0.05, 0.1) is 10.6 Å². The van der Waals surface area contributed by atoms with E-state index in [0.29, 0.717) is 22.7 Å². The summed E-state index contributed by atoms with van der Waals surface area (Å²) in [7, 11) is 0. The van der Waals surface area contributed by atoms with Gasteiger partial charge in [0.2, 0.25) is 5.91 Å². The fourth-order valence-electron chi connectivity index (χ4n) is 3.43. The maximum absolute atomic E-state index is 11.3. The second kappa shape index (κ2) is 5.62. The van der Waals surface area contributed by atoms with Gasteiger partial charge < -0.3 is 11.1 Å². The molecule has 2 aliphatic rings. The maximum atomic E-state index is 11.3. The predicted octanol–water partition coefficient (Wildman–Crippen LogP) is 2.48. The van der Waals surface area contributed by atoms with E-state index in [1.807, 2.05) is 6.07 Å². The standard InChI is InChI=1S/C15H20ClN3O/c16-12-5-4-10(9-11(12)15(17)20)18-13-6-8-19-7-2-1-3-14(13)19/h4-5,9,13-14,18H,1-3,6-8H2,(H2,17,20). The molecule has 0 saturated carbocycles. The molecule has 0 aromatic heterocycles. The molecule has 2 unspecified atom stereocenters. The van der Waals surface area contributed by atoms with Crippen molar-refractivity contribution in [2.75, 3.05) is 18.4 Å². The third kappa shape index (κ3) is 2.63. The first-order valence-corrected chi connectivity index (χ1v) is 7.63. The number of carbonyl (C=O) groups is 1. The van der Waals surface area contributed by atoms with E-state index in [1.54, 1.807) is 12.1 Å². The molecule has 2 aliphatic heterocycles. The highest BCUT2D eigenvalue weighted by atomic mass is 35.5. The average Bonchev–Trinajstić information content (AvgIpc) is 2.84. The van der Waals surface area contributed by atoms with Gasteiger partial charge in [-0.05, 0) is 44.0 Å². The Morgan fingerprint density at radius 2 is 2.15 bits per heavy atom. The van der Waals surface area contributed by atoms with E-state index in [0.717, 1.165) is 12.1 Å². The zero-order chi connectivity index (χ0) is 14.1. The molecule has 0 aliphatic carbocycles. The van der Waals surface area contributed by atoms with Gasteiger partial charge >= 0.3 is 0 Å². The molecule has 1 amide bonds. The number of nitrogens with one attached hydrogen (secondary N) is 1. The summed E-state index contributed by atoms with van der Waals surface area (Å²) in [5.74, 6) is -0.482. The molecule has 3 rings (SSSR count). The van der Waals surface area contributed by atoms with Crippen molar-refractivity contribution < 1.29 is 4.79 Å². The number of anilines is 1. The average molecular weight is 294 g/mol. The third-order valence-corrected chi connectivity index (χ3v) is 4.77.